The van der Waals surface area contributed by atoms with Crippen LogP contribution in [0.5, 0.6) is 5.88 Å². The van der Waals surface area contributed by atoms with Gasteiger partial charge in [0.1, 0.15) is 18.7 Å². The van der Waals surface area contributed by atoms with E-state index in [1.165, 1.54) is 6.33 Å². The number of carbonyl (C=O) groups is 1. The SMILES string of the molecule is Cc1ccc(NC(=O)c2c(O)n(Cc3cncnc3)c3cccc[n+]23)nc1. The summed E-state index contributed by atoms with van der Waals surface area (Å²) in [7, 11) is 0. The Balaban J connectivity index is 1.75. The highest BCUT2D eigenvalue weighted by molar-refractivity contribution is 6.03. The maximum atomic E-state index is 12.8. The molecule has 0 fully saturated rings. The summed E-state index contributed by atoms with van der Waals surface area (Å²) in [6, 6.07) is 9.04. The number of hydrogen-bond donors (Lipinski definition) is 2. The Kier molecular flexibility index (Phi) is 4.21. The van der Waals surface area contributed by atoms with Crippen molar-refractivity contribution in [1.82, 2.24) is 19.5 Å². The number of carbonyl (C=O) groups excluding carboxylic acids is 1. The lowest BCUT2D eigenvalue weighted by Crippen LogP contribution is -2.30. The van der Waals surface area contributed by atoms with E-state index in [1.54, 1.807) is 45.9 Å². The van der Waals surface area contributed by atoms with Crippen LogP contribution in [0, 0.1) is 6.92 Å². The third kappa shape index (κ3) is 3.20. The zero-order valence-corrected chi connectivity index (χ0v) is 14.6. The van der Waals surface area contributed by atoms with Crippen molar-refractivity contribution in [2.24, 2.45) is 0 Å². The molecule has 134 valence electrons. The molecule has 0 aliphatic carbocycles. The van der Waals surface area contributed by atoms with Crippen LogP contribution in [0.1, 0.15) is 21.6 Å². The molecule has 0 saturated heterocycles. The van der Waals surface area contributed by atoms with Crippen LogP contribution in [0.2, 0.25) is 0 Å². The molecule has 0 spiro atoms. The maximum absolute atomic E-state index is 12.8. The van der Waals surface area contributed by atoms with Gasteiger partial charge in [-0.15, -0.1) is 0 Å². The smallest absolute Gasteiger partial charge is 0.337 e. The number of amides is 1. The molecule has 0 bridgehead atoms. The van der Waals surface area contributed by atoms with Crippen LogP contribution in [-0.4, -0.2) is 30.5 Å². The summed E-state index contributed by atoms with van der Waals surface area (Å²) in [4.78, 5) is 25.0. The first-order valence-corrected chi connectivity index (χ1v) is 8.33. The van der Waals surface area contributed by atoms with Crippen molar-refractivity contribution in [2.45, 2.75) is 13.5 Å². The molecule has 0 unspecified atom stereocenters. The van der Waals surface area contributed by atoms with Gasteiger partial charge >= 0.3 is 11.8 Å². The molecule has 4 aromatic rings. The number of fused-ring (bicyclic) bond motifs is 1. The van der Waals surface area contributed by atoms with E-state index in [2.05, 4.69) is 20.3 Å². The van der Waals surface area contributed by atoms with Crippen LogP contribution in [0.15, 0.2) is 61.4 Å². The van der Waals surface area contributed by atoms with E-state index in [9.17, 15) is 9.90 Å². The second kappa shape index (κ2) is 6.83. The highest BCUT2D eigenvalue weighted by Gasteiger charge is 2.31. The van der Waals surface area contributed by atoms with Gasteiger partial charge in [-0.05, 0) is 24.6 Å². The topological polar surface area (TPSA) is 97.0 Å². The number of pyridine rings is 2. The highest BCUT2D eigenvalue weighted by atomic mass is 16.3. The molecule has 0 saturated carbocycles. The largest absolute Gasteiger partial charge is 0.474 e. The Morgan fingerprint density at radius 1 is 1.19 bits per heavy atom. The van der Waals surface area contributed by atoms with Gasteiger partial charge in [0.2, 0.25) is 0 Å². The predicted molar refractivity (Wildman–Crippen MR) is 97.3 cm³/mol. The van der Waals surface area contributed by atoms with Gasteiger partial charge in [-0.2, -0.15) is 8.97 Å². The van der Waals surface area contributed by atoms with Crippen molar-refractivity contribution in [3.63, 3.8) is 0 Å². The summed E-state index contributed by atoms with van der Waals surface area (Å²) in [5.74, 6) is -0.179. The molecule has 0 radical (unpaired) electrons. The van der Waals surface area contributed by atoms with Crippen LogP contribution in [0.25, 0.3) is 5.65 Å². The Labute approximate surface area is 154 Å². The molecule has 2 N–H and O–H groups in total. The molecular weight excluding hydrogens is 344 g/mol. The van der Waals surface area contributed by atoms with Gasteiger partial charge in [0.25, 0.3) is 11.3 Å². The normalized spacial score (nSPS) is 10.9. The van der Waals surface area contributed by atoms with Gasteiger partial charge < -0.3 is 10.4 Å². The Hall–Kier alpha value is -3.81. The maximum Gasteiger partial charge on any atom is 0.337 e. The van der Waals surface area contributed by atoms with E-state index in [0.717, 1.165) is 11.1 Å². The highest BCUT2D eigenvalue weighted by Crippen LogP contribution is 2.21. The summed E-state index contributed by atoms with van der Waals surface area (Å²) in [5.41, 5.74) is 2.60. The van der Waals surface area contributed by atoms with Crippen LogP contribution in [0.3, 0.4) is 0 Å². The first-order chi connectivity index (χ1) is 13.1. The first-order valence-electron chi connectivity index (χ1n) is 8.33. The second-order valence-corrected chi connectivity index (χ2v) is 6.11. The van der Waals surface area contributed by atoms with Crippen molar-refractivity contribution in [2.75, 3.05) is 5.32 Å². The average molecular weight is 361 g/mol. The van der Waals surface area contributed by atoms with Gasteiger partial charge in [-0.3, -0.25) is 4.79 Å². The lowest BCUT2D eigenvalue weighted by atomic mass is 10.3. The van der Waals surface area contributed by atoms with Crippen molar-refractivity contribution >= 4 is 17.4 Å². The van der Waals surface area contributed by atoms with E-state index in [0.29, 0.717) is 18.0 Å². The molecule has 0 aliphatic heterocycles. The number of aromatic nitrogens is 5. The van der Waals surface area contributed by atoms with Crippen LogP contribution in [0.4, 0.5) is 5.82 Å². The lowest BCUT2D eigenvalue weighted by molar-refractivity contribution is -0.513. The zero-order valence-electron chi connectivity index (χ0n) is 14.6. The van der Waals surface area contributed by atoms with E-state index < -0.39 is 5.91 Å². The molecule has 1 amide bonds. The molecular formula is C19H17N6O2+. The Morgan fingerprint density at radius 3 is 2.74 bits per heavy atom. The minimum Gasteiger partial charge on any atom is -0.474 e. The first kappa shape index (κ1) is 16.6. The van der Waals surface area contributed by atoms with Gasteiger partial charge in [0.15, 0.2) is 0 Å². The van der Waals surface area contributed by atoms with Crippen molar-refractivity contribution < 1.29 is 14.3 Å². The van der Waals surface area contributed by atoms with E-state index in [4.69, 9.17) is 0 Å². The second-order valence-electron chi connectivity index (χ2n) is 6.11. The summed E-state index contributed by atoms with van der Waals surface area (Å²) in [5, 5.41) is 13.5. The van der Waals surface area contributed by atoms with E-state index >= 15 is 0 Å². The van der Waals surface area contributed by atoms with Crippen LogP contribution < -0.4 is 9.72 Å². The monoisotopic (exact) mass is 361 g/mol. The zero-order chi connectivity index (χ0) is 18.8. The lowest BCUT2D eigenvalue weighted by Gasteiger charge is -2.02. The third-order valence-electron chi connectivity index (χ3n) is 4.15. The number of nitrogens with one attached hydrogen (secondary N) is 1. The Morgan fingerprint density at radius 2 is 2.00 bits per heavy atom. The summed E-state index contributed by atoms with van der Waals surface area (Å²) in [6.07, 6.45) is 8.18. The van der Waals surface area contributed by atoms with E-state index in [-0.39, 0.29) is 11.6 Å². The summed E-state index contributed by atoms with van der Waals surface area (Å²) >= 11 is 0. The minimum atomic E-state index is -0.451. The predicted octanol–water partition coefficient (Wildman–Crippen LogP) is 1.73. The number of anilines is 1. The number of aryl methyl sites for hydroxylation is 1. The fraction of sp³-hybridized carbons (Fsp3) is 0.105. The molecule has 4 aromatic heterocycles. The molecule has 27 heavy (non-hydrogen) atoms. The quantitative estimate of drug-likeness (QED) is 0.540. The van der Waals surface area contributed by atoms with Crippen molar-refractivity contribution in [1.29, 1.82) is 0 Å². The van der Waals surface area contributed by atoms with Gasteiger partial charge in [0, 0.05) is 30.2 Å². The average Bonchev–Trinajstić information content (AvgIpc) is 2.96. The molecule has 0 aliphatic rings. The van der Waals surface area contributed by atoms with Gasteiger partial charge in [-0.25, -0.2) is 15.0 Å². The number of nitrogens with zero attached hydrogens (tertiary/aromatic N) is 5. The fourth-order valence-electron chi connectivity index (χ4n) is 2.87. The number of hydrogen-bond acceptors (Lipinski definition) is 5. The fourth-order valence-corrected chi connectivity index (χ4v) is 2.87. The summed E-state index contributed by atoms with van der Waals surface area (Å²) in [6.45, 7) is 2.25. The molecule has 4 heterocycles. The van der Waals surface area contributed by atoms with Crippen LogP contribution >= 0.6 is 0 Å². The number of imidazole rings is 1. The van der Waals surface area contributed by atoms with Crippen molar-refractivity contribution in [3.8, 4) is 5.88 Å². The van der Waals surface area contributed by atoms with Gasteiger partial charge in [0.05, 0.1) is 6.20 Å². The third-order valence-corrected chi connectivity index (χ3v) is 4.15. The molecule has 8 heteroatoms. The molecule has 8 nitrogen and oxygen atoms in total. The van der Waals surface area contributed by atoms with Gasteiger partial charge in [-0.1, -0.05) is 12.1 Å². The number of aromatic hydroxyl groups is 1. The van der Waals surface area contributed by atoms with Crippen LogP contribution in [-0.2, 0) is 6.54 Å². The number of rotatable bonds is 4. The summed E-state index contributed by atoms with van der Waals surface area (Å²) < 4.78 is 3.28. The molecule has 0 atom stereocenters. The van der Waals surface area contributed by atoms with Crippen molar-refractivity contribution in [3.05, 3.63) is 78.3 Å². The van der Waals surface area contributed by atoms with E-state index in [1.807, 2.05) is 25.1 Å². The molecule has 0 aromatic carbocycles. The molecule has 4 rings (SSSR count). The minimum absolute atomic E-state index is 0.129. The Bertz CT molecular complexity index is 1110. The standard InChI is InChI=1S/C19H16N6O2/c1-13-5-6-15(22-8-13)23-18(26)17-19(27)25(11-14-9-20-12-21-10-14)16-4-2-3-7-24(16)17/h2-10,12H,11H2,1H3,(H-,22,23,26,27)/p+1.